The lowest BCUT2D eigenvalue weighted by Gasteiger charge is -2.08. The summed E-state index contributed by atoms with van der Waals surface area (Å²) in [5.74, 6) is -0.302. The first kappa shape index (κ1) is 25.2. The van der Waals surface area contributed by atoms with Gasteiger partial charge in [0, 0.05) is 13.5 Å². The third kappa shape index (κ3) is 23.2. The second kappa shape index (κ2) is 22.2. The second-order valence-corrected chi connectivity index (χ2v) is 5.12. The lowest BCUT2D eigenvalue weighted by atomic mass is 10.6. The van der Waals surface area contributed by atoms with Gasteiger partial charge >= 0.3 is 5.97 Å². The predicted molar refractivity (Wildman–Crippen MR) is 95.5 cm³/mol. The van der Waals surface area contributed by atoms with Crippen LogP contribution in [0.15, 0.2) is 0 Å². The summed E-state index contributed by atoms with van der Waals surface area (Å²) in [5.41, 5.74) is 0. The van der Waals surface area contributed by atoms with E-state index >= 15 is 0 Å². The number of carbonyl (C=O) groups is 1. The van der Waals surface area contributed by atoms with Gasteiger partial charge < -0.3 is 38.5 Å². The summed E-state index contributed by atoms with van der Waals surface area (Å²) in [5, 5.41) is 3.00. The van der Waals surface area contributed by atoms with E-state index in [0.717, 1.165) is 6.54 Å². The topological polar surface area (TPSA) is 93.7 Å². The fourth-order valence-corrected chi connectivity index (χ4v) is 1.62. The van der Waals surface area contributed by atoms with Crippen LogP contribution in [0.25, 0.3) is 0 Å². The van der Waals surface area contributed by atoms with Crippen LogP contribution in [0.1, 0.15) is 6.92 Å². The first-order chi connectivity index (χ1) is 12.8. The van der Waals surface area contributed by atoms with Crippen LogP contribution in [0.3, 0.4) is 0 Å². The highest BCUT2D eigenvalue weighted by Gasteiger charge is 1.95. The van der Waals surface area contributed by atoms with E-state index in [-0.39, 0.29) is 12.6 Å². The quantitative estimate of drug-likeness (QED) is 0.215. The number of ether oxygens (including phenoxy) is 7. The molecule has 0 amide bonds. The van der Waals surface area contributed by atoms with Crippen molar-refractivity contribution < 1.29 is 38.0 Å². The molecule has 0 aromatic rings. The zero-order valence-corrected chi connectivity index (χ0v) is 16.2. The summed E-state index contributed by atoms with van der Waals surface area (Å²) in [6, 6.07) is 0. The van der Waals surface area contributed by atoms with Crippen molar-refractivity contribution in [2.45, 2.75) is 6.92 Å². The summed E-state index contributed by atoms with van der Waals surface area (Å²) < 4.78 is 36.7. The number of nitrogens with one attached hydrogen (secondary N) is 1. The zero-order chi connectivity index (χ0) is 19.1. The van der Waals surface area contributed by atoms with Gasteiger partial charge in [-0.2, -0.15) is 0 Å². The Bertz CT molecular complexity index is 294. The standard InChI is InChI=1S/C17H35NO8/c1-17(19)26-16-15-25-14-13-24-12-11-23-10-9-22-8-7-21-6-5-20-4-3-18-2/h18H,3-16H2,1-2H3. The lowest BCUT2D eigenvalue weighted by molar-refractivity contribution is -0.142. The van der Waals surface area contributed by atoms with E-state index in [0.29, 0.717) is 79.3 Å². The van der Waals surface area contributed by atoms with E-state index in [1.54, 1.807) is 0 Å². The minimum Gasteiger partial charge on any atom is -0.463 e. The number of hydrogen-bond donors (Lipinski definition) is 1. The molecule has 9 heteroatoms. The van der Waals surface area contributed by atoms with Gasteiger partial charge in [0.05, 0.1) is 79.3 Å². The molecule has 0 radical (unpaired) electrons. The highest BCUT2D eigenvalue weighted by molar-refractivity contribution is 5.65. The Morgan fingerprint density at radius 2 is 0.885 bits per heavy atom. The van der Waals surface area contributed by atoms with Gasteiger partial charge in [-0.3, -0.25) is 4.79 Å². The number of carbonyl (C=O) groups excluding carboxylic acids is 1. The smallest absolute Gasteiger partial charge is 0.302 e. The SMILES string of the molecule is CNCCOCCOCCOCCOCCOCCOCCOC(C)=O. The molecule has 26 heavy (non-hydrogen) atoms. The van der Waals surface area contributed by atoms with E-state index in [4.69, 9.17) is 33.2 Å². The maximum Gasteiger partial charge on any atom is 0.302 e. The van der Waals surface area contributed by atoms with Crippen molar-refractivity contribution in [3.05, 3.63) is 0 Å². The van der Waals surface area contributed by atoms with Gasteiger partial charge in [0.1, 0.15) is 6.61 Å². The Hall–Kier alpha value is -0.810. The van der Waals surface area contributed by atoms with Gasteiger partial charge in [-0.15, -0.1) is 0 Å². The number of hydrogen-bond acceptors (Lipinski definition) is 9. The molecule has 0 unspecified atom stereocenters. The Balaban J connectivity index is 2.98. The number of rotatable bonds is 21. The van der Waals surface area contributed by atoms with Gasteiger partial charge in [-0.1, -0.05) is 0 Å². The zero-order valence-electron chi connectivity index (χ0n) is 16.2. The van der Waals surface area contributed by atoms with Crippen LogP contribution in [-0.2, 0) is 38.0 Å². The Morgan fingerprint density at radius 3 is 1.19 bits per heavy atom. The van der Waals surface area contributed by atoms with Crippen LogP contribution in [0.2, 0.25) is 0 Å². The molecule has 0 aromatic heterocycles. The highest BCUT2D eigenvalue weighted by atomic mass is 16.6. The van der Waals surface area contributed by atoms with Crippen molar-refractivity contribution in [1.82, 2.24) is 5.32 Å². The fourth-order valence-electron chi connectivity index (χ4n) is 1.62. The molecule has 0 saturated heterocycles. The van der Waals surface area contributed by atoms with Gasteiger partial charge in [-0.05, 0) is 7.05 Å². The van der Waals surface area contributed by atoms with Crippen molar-refractivity contribution in [3.63, 3.8) is 0 Å². The molecule has 0 spiro atoms. The lowest BCUT2D eigenvalue weighted by Crippen LogP contribution is -2.17. The summed E-state index contributed by atoms with van der Waals surface area (Å²) in [7, 11) is 1.89. The van der Waals surface area contributed by atoms with Crippen LogP contribution in [-0.4, -0.2) is 105 Å². The maximum atomic E-state index is 10.5. The third-order valence-electron chi connectivity index (χ3n) is 2.89. The van der Waals surface area contributed by atoms with Crippen molar-refractivity contribution in [1.29, 1.82) is 0 Å². The van der Waals surface area contributed by atoms with Gasteiger partial charge in [0.2, 0.25) is 0 Å². The molecule has 0 aliphatic rings. The monoisotopic (exact) mass is 381 g/mol. The molecule has 9 nitrogen and oxygen atoms in total. The fraction of sp³-hybridized carbons (Fsp3) is 0.941. The van der Waals surface area contributed by atoms with Crippen LogP contribution >= 0.6 is 0 Å². The van der Waals surface area contributed by atoms with E-state index in [9.17, 15) is 4.79 Å². The molecule has 156 valence electrons. The normalized spacial score (nSPS) is 11.0. The molecule has 0 saturated carbocycles. The summed E-state index contributed by atoms with van der Waals surface area (Å²) in [4.78, 5) is 10.5. The number of esters is 1. The van der Waals surface area contributed by atoms with Crippen LogP contribution < -0.4 is 5.32 Å². The Morgan fingerprint density at radius 1 is 0.577 bits per heavy atom. The molecular formula is C17H35NO8. The van der Waals surface area contributed by atoms with Crippen LogP contribution in [0, 0.1) is 0 Å². The largest absolute Gasteiger partial charge is 0.463 e. The molecule has 0 bridgehead atoms. The molecule has 0 atom stereocenters. The average molecular weight is 381 g/mol. The Labute approximate surface area is 156 Å². The van der Waals surface area contributed by atoms with Crippen LogP contribution in [0.5, 0.6) is 0 Å². The summed E-state index contributed by atoms with van der Waals surface area (Å²) in [6.07, 6.45) is 0. The molecule has 1 N–H and O–H groups in total. The van der Waals surface area contributed by atoms with Gasteiger partial charge in [0.15, 0.2) is 0 Å². The van der Waals surface area contributed by atoms with E-state index < -0.39 is 0 Å². The van der Waals surface area contributed by atoms with E-state index in [1.807, 2.05) is 7.05 Å². The molecule has 0 aliphatic carbocycles. The first-order valence-electron chi connectivity index (χ1n) is 9.01. The predicted octanol–water partition coefficient (Wildman–Crippen LogP) is -0.131. The number of likely N-dealkylation sites (N-methyl/N-ethyl adjacent to an activating group) is 1. The van der Waals surface area contributed by atoms with Crippen molar-refractivity contribution in [2.24, 2.45) is 0 Å². The summed E-state index contributed by atoms with van der Waals surface area (Å²) in [6.45, 7) is 8.84. The molecule has 0 rings (SSSR count). The van der Waals surface area contributed by atoms with Crippen molar-refractivity contribution >= 4 is 5.97 Å². The van der Waals surface area contributed by atoms with E-state index in [1.165, 1.54) is 6.92 Å². The van der Waals surface area contributed by atoms with E-state index in [2.05, 4.69) is 5.32 Å². The van der Waals surface area contributed by atoms with Gasteiger partial charge in [-0.25, -0.2) is 0 Å². The van der Waals surface area contributed by atoms with Crippen molar-refractivity contribution in [3.8, 4) is 0 Å². The molecule has 0 heterocycles. The van der Waals surface area contributed by atoms with Crippen molar-refractivity contribution in [2.75, 3.05) is 99.5 Å². The van der Waals surface area contributed by atoms with Gasteiger partial charge in [0.25, 0.3) is 0 Å². The Kier molecular flexibility index (Phi) is 21.5. The maximum absolute atomic E-state index is 10.5. The first-order valence-corrected chi connectivity index (χ1v) is 9.01. The third-order valence-corrected chi connectivity index (χ3v) is 2.89. The average Bonchev–Trinajstić information content (AvgIpc) is 2.62. The van der Waals surface area contributed by atoms with Crippen LogP contribution in [0.4, 0.5) is 0 Å². The molecule has 0 aliphatic heterocycles. The molecular weight excluding hydrogens is 346 g/mol. The minimum absolute atomic E-state index is 0.272. The molecule has 0 fully saturated rings. The minimum atomic E-state index is -0.302. The highest BCUT2D eigenvalue weighted by Crippen LogP contribution is 1.85. The molecule has 0 aromatic carbocycles. The summed E-state index contributed by atoms with van der Waals surface area (Å²) >= 11 is 0. The second-order valence-electron chi connectivity index (χ2n) is 5.12.